The van der Waals surface area contributed by atoms with Crippen molar-refractivity contribution >= 4 is 33.5 Å². The number of carbonyl (C=O) groups is 1. The average Bonchev–Trinajstić information content (AvgIpc) is 2.22. The standard InChI is InChI=1S/C10H9BrClF2NO2/c1-2-17-7(16)3-6-9(11)8(10(13)14)5(12)4-15-6/h4,10H,2-3H2,1H3. The second-order valence-corrected chi connectivity index (χ2v) is 4.26. The van der Waals surface area contributed by atoms with Crippen LogP contribution in [-0.2, 0) is 16.0 Å². The molecule has 0 aliphatic carbocycles. The number of rotatable bonds is 4. The molecule has 0 atom stereocenters. The van der Waals surface area contributed by atoms with E-state index in [0.29, 0.717) is 0 Å². The summed E-state index contributed by atoms with van der Waals surface area (Å²) in [5.41, 5.74) is -0.177. The van der Waals surface area contributed by atoms with Gasteiger partial charge in [-0.3, -0.25) is 9.78 Å². The van der Waals surface area contributed by atoms with Gasteiger partial charge in [0.2, 0.25) is 0 Å². The fourth-order valence-electron chi connectivity index (χ4n) is 1.19. The van der Waals surface area contributed by atoms with Crippen molar-refractivity contribution in [3.05, 3.63) is 26.9 Å². The predicted octanol–water partition coefficient (Wildman–Crippen LogP) is 3.54. The van der Waals surface area contributed by atoms with Crippen molar-refractivity contribution in [2.24, 2.45) is 0 Å². The molecule has 1 aromatic heterocycles. The molecule has 1 aromatic rings. The lowest BCUT2D eigenvalue weighted by Crippen LogP contribution is -2.10. The first kappa shape index (κ1) is 14.3. The molecule has 0 bridgehead atoms. The highest BCUT2D eigenvalue weighted by molar-refractivity contribution is 9.10. The molecule has 94 valence electrons. The largest absolute Gasteiger partial charge is 0.466 e. The maximum absolute atomic E-state index is 12.7. The normalized spacial score (nSPS) is 10.7. The zero-order valence-corrected chi connectivity index (χ0v) is 11.2. The molecule has 0 unspecified atom stereocenters. The summed E-state index contributed by atoms with van der Waals surface area (Å²) in [6.45, 7) is 1.89. The summed E-state index contributed by atoms with van der Waals surface area (Å²) in [5, 5.41) is -0.139. The number of halogens is 4. The van der Waals surface area contributed by atoms with Gasteiger partial charge in [0, 0.05) is 6.20 Å². The first-order chi connectivity index (χ1) is 7.97. The topological polar surface area (TPSA) is 39.2 Å². The van der Waals surface area contributed by atoms with Gasteiger partial charge in [-0.1, -0.05) is 11.6 Å². The molecule has 0 aliphatic rings. The van der Waals surface area contributed by atoms with Gasteiger partial charge in [-0.15, -0.1) is 0 Å². The van der Waals surface area contributed by atoms with Crippen molar-refractivity contribution in [3.63, 3.8) is 0 Å². The summed E-state index contributed by atoms with van der Waals surface area (Å²) >= 11 is 8.58. The minimum absolute atomic E-state index is 0.0491. The number of aromatic nitrogens is 1. The minimum Gasteiger partial charge on any atom is -0.466 e. The Balaban J connectivity index is 3.02. The van der Waals surface area contributed by atoms with Gasteiger partial charge in [0.05, 0.1) is 33.8 Å². The van der Waals surface area contributed by atoms with Crippen molar-refractivity contribution in [2.75, 3.05) is 6.61 Å². The molecule has 7 heteroatoms. The molecule has 1 heterocycles. The summed E-state index contributed by atoms with van der Waals surface area (Å²) in [4.78, 5) is 15.1. The van der Waals surface area contributed by atoms with E-state index in [-0.39, 0.29) is 33.8 Å². The minimum atomic E-state index is -2.74. The Labute approximate surface area is 110 Å². The zero-order valence-electron chi connectivity index (χ0n) is 8.84. The van der Waals surface area contributed by atoms with Gasteiger partial charge in [0.25, 0.3) is 6.43 Å². The molecule has 0 N–H and O–H groups in total. The fraction of sp³-hybridized carbons (Fsp3) is 0.400. The number of pyridine rings is 1. The van der Waals surface area contributed by atoms with E-state index >= 15 is 0 Å². The molecule has 0 fully saturated rings. The zero-order chi connectivity index (χ0) is 13.0. The number of esters is 1. The average molecular weight is 329 g/mol. The summed E-state index contributed by atoms with van der Waals surface area (Å²) in [7, 11) is 0. The fourth-order valence-corrected chi connectivity index (χ4v) is 2.16. The maximum atomic E-state index is 12.7. The van der Waals surface area contributed by atoms with E-state index in [4.69, 9.17) is 16.3 Å². The molecule has 0 radical (unpaired) electrons. The number of hydrogen-bond donors (Lipinski definition) is 0. The van der Waals surface area contributed by atoms with Crippen LogP contribution in [0.1, 0.15) is 24.6 Å². The molecule has 17 heavy (non-hydrogen) atoms. The van der Waals surface area contributed by atoms with Crippen LogP contribution in [-0.4, -0.2) is 17.6 Å². The highest BCUT2D eigenvalue weighted by Gasteiger charge is 2.21. The van der Waals surface area contributed by atoms with Crippen molar-refractivity contribution < 1.29 is 18.3 Å². The Kier molecular flexibility index (Phi) is 5.27. The van der Waals surface area contributed by atoms with Crippen molar-refractivity contribution in [3.8, 4) is 0 Å². The van der Waals surface area contributed by atoms with E-state index < -0.39 is 12.4 Å². The van der Waals surface area contributed by atoms with Crippen LogP contribution in [0.5, 0.6) is 0 Å². The first-order valence-corrected chi connectivity index (χ1v) is 5.91. The van der Waals surface area contributed by atoms with Crippen LogP contribution in [0.15, 0.2) is 10.7 Å². The quantitative estimate of drug-likeness (QED) is 0.794. The first-order valence-electron chi connectivity index (χ1n) is 4.73. The number of alkyl halides is 2. The van der Waals surface area contributed by atoms with Crippen LogP contribution >= 0.6 is 27.5 Å². The molecule has 0 aliphatic heterocycles. The second-order valence-electron chi connectivity index (χ2n) is 3.06. The SMILES string of the molecule is CCOC(=O)Cc1ncc(Cl)c(C(F)F)c1Br. The van der Waals surface area contributed by atoms with Crippen LogP contribution in [0.4, 0.5) is 8.78 Å². The van der Waals surface area contributed by atoms with Crippen molar-refractivity contribution in [1.82, 2.24) is 4.98 Å². The highest BCUT2D eigenvalue weighted by Crippen LogP contribution is 2.34. The van der Waals surface area contributed by atoms with E-state index in [1.807, 2.05) is 0 Å². The number of carbonyl (C=O) groups excluding carboxylic acids is 1. The third-order valence-corrected chi connectivity index (χ3v) is 3.10. The predicted molar refractivity (Wildman–Crippen MR) is 62.2 cm³/mol. The van der Waals surface area contributed by atoms with Crippen LogP contribution in [0.25, 0.3) is 0 Å². The van der Waals surface area contributed by atoms with Crippen LogP contribution in [0, 0.1) is 0 Å². The van der Waals surface area contributed by atoms with Gasteiger partial charge in [-0.25, -0.2) is 8.78 Å². The molecular weight excluding hydrogens is 319 g/mol. The van der Waals surface area contributed by atoms with Gasteiger partial charge in [0.15, 0.2) is 0 Å². The van der Waals surface area contributed by atoms with Gasteiger partial charge in [-0.2, -0.15) is 0 Å². The Bertz CT molecular complexity index is 429. The van der Waals surface area contributed by atoms with E-state index in [2.05, 4.69) is 20.9 Å². The van der Waals surface area contributed by atoms with Crippen LogP contribution < -0.4 is 0 Å². The Hall–Kier alpha value is -0.750. The van der Waals surface area contributed by atoms with Crippen LogP contribution in [0.3, 0.4) is 0 Å². The molecule has 0 amide bonds. The molecule has 3 nitrogen and oxygen atoms in total. The van der Waals surface area contributed by atoms with Gasteiger partial charge in [0.1, 0.15) is 0 Å². The molecule has 1 rings (SSSR count). The van der Waals surface area contributed by atoms with E-state index in [1.165, 1.54) is 0 Å². The summed E-state index contributed by atoms with van der Waals surface area (Å²) in [5.74, 6) is -0.525. The summed E-state index contributed by atoms with van der Waals surface area (Å²) < 4.78 is 30.2. The number of ether oxygens (including phenoxy) is 1. The van der Waals surface area contributed by atoms with Gasteiger partial charge < -0.3 is 4.74 Å². The van der Waals surface area contributed by atoms with Gasteiger partial charge >= 0.3 is 5.97 Å². The van der Waals surface area contributed by atoms with Crippen LogP contribution in [0.2, 0.25) is 5.02 Å². The Morgan fingerprint density at radius 2 is 2.29 bits per heavy atom. The maximum Gasteiger partial charge on any atom is 0.311 e. The third-order valence-electron chi connectivity index (χ3n) is 1.92. The monoisotopic (exact) mass is 327 g/mol. The van der Waals surface area contributed by atoms with E-state index in [9.17, 15) is 13.6 Å². The lowest BCUT2D eigenvalue weighted by atomic mass is 10.2. The molecular formula is C10H9BrClF2NO2. The molecule has 0 aromatic carbocycles. The van der Waals surface area contributed by atoms with E-state index in [0.717, 1.165) is 6.20 Å². The van der Waals surface area contributed by atoms with Gasteiger partial charge in [-0.05, 0) is 22.9 Å². The molecule has 0 spiro atoms. The summed E-state index contributed by atoms with van der Waals surface area (Å²) in [6.07, 6.45) is -1.81. The lowest BCUT2D eigenvalue weighted by molar-refractivity contribution is -0.142. The van der Waals surface area contributed by atoms with Crippen molar-refractivity contribution in [1.29, 1.82) is 0 Å². The second kappa shape index (κ2) is 6.26. The Morgan fingerprint density at radius 1 is 1.65 bits per heavy atom. The van der Waals surface area contributed by atoms with Crippen molar-refractivity contribution in [2.45, 2.75) is 19.8 Å². The number of nitrogens with zero attached hydrogens (tertiary/aromatic N) is 1. The highest BCUT2D eigenvalue weighted by atomic mass is 79.9. The smallest absolute Gasteiger partial charge is 0.311 e. The number of hydrogen-bond acceptors (Lipinski definition) is 3. The molecule has 0 saturated heterocycles. The van der Waals surface area contributed by atoms with E-state index in [1.54, 1.807) is 6.92 Å². The lowest BCUT2D eigenvalue weighted by Gasteiger charge is -2.09. The summed E-state index contributed by atoms with van der Waals surface area (Å²) in [6, 6.07) is 0. The molecule has 0 saturated carbocycles. The third kappa shape index (κ3) is 3.61. The Morgan fingerprint density at radius 3 is 2.82 bits per heavy atom.